The molecule has 2 rings (SSSR count). The van der Waals surface area contributed by atoms with Gasteiger partial charge in [-0.15, -0.1) is 11.8 Å². The zero-order chi connectivity index (χ0) is 18.6. The van der Waals surface area contributed by atoms with Crippen molar-refractivity contribution in [1.29, 1.82) is 0 Å². The predicted octanol–water partition coefficient (Wildman–Crippen LogP) is 2.92. The standard InChI is InChI=1S/C18H22N2O3S2/c1-12-7-8-17(13(2)9-12)24-11-18(21)20-14(3)15-5-4-6-16(10-15)25(19,22)23/h4-10,14H,11H2,1-3H3,(H,20,21)(H2,19,22,23)/t14-/m0/s1. The molecule has 0 unspecified atom stereocenters. The minimum Gasteiger partial charge on any atom is -0.349 e. The maximum absolute atomic E-state index is 12.2. The van der Waals surface area contributed by atoms with Gasteiger partial charge in [0.25, 0.3) is 0 Å². The van der Waals surface area contributed by atoms with Crippen molar-refractivity contribution < 1.29 is 13.2 Å². The summed E-state index contributed by atoms with van der Waals surface area (Å²) < 4.78 is 22.9. The Kier molecular flexibility index (Phi) is 6.26. The largest absolute Gasteiger partial charge is 0.349 e. The van der Waals surface area contributed by atoms with Gasteiger partial charge >= 0.3 is 0 Å². The highest BCUT2D eigenvalue weighted by Gasteiger charge is 2.14. The zero-order valence-corrected chi connectivity index (χ0v) is 16.1. The molecule has 0 fully saturated rings. The highest BCUT2D eigenvalue weighted by molar-refractivity contribution is 8.00. The second kappa shape index (κ2) is 8.03. The molecule has 0 saturated heterocycles. The number of aryl methyl sites for hydroxylation is 2. The molecule has 0 aromatic heterocycles. The summed E-state index contributed by atoms with van der Waals surface area (Å²) >= 11 is 1.48. The monoisotopic (exact) mass is 378 g/mol. The van der Waals surface area contributed by atoms with Gasteiger partial charge in [-0.25, -0.2) is 13.6 Å². The molecule has 0 bridgehead atoms. The van der Waals surface area contributed by atoms with Crippen LogP contribution in [0.25, 0.3) is 0 Å². The minimum absolute atomic E-state index is 0.0377. The van der Waals surface area contributed by atoms with Crippen molar-refractivity contribution in [2.75, 3.05) is 5.75 Å². The van der Waals surface area contributed by atoms with E-state index in [4.69, 9.17) is 5.14 Å². The Morgan fingerprint density at radius 1 is 1.20 bits per heavy atom. The van der Waals surface area contributed by atoms with E-state index in [9.17, 15) is 13.2 Å². The molecule has 0 spiro atoms. The fraction of sp³-hybridized carbons (Fsp3) is 0.278. The van der Waals surface area contributed by atoms with Gasteiger partial charge in [0.1, 0.15) is 0 Å². The topological polar surface area (TPSA) is 89.3 Å². The Morgan fingerprint density at radius 2 is 1.92 bits per heavy atom. The normalized spacial score (nSPS) is 12.6. The summed E-state index contributed by atoms with van der Waals surface area (Å²) in [5, 5.41) is 8.03. The summed E-state index contributed by atoms with van der Waals surface area (Å²) in [6, 6.07) is 12.1. The first-order valence-electron chi connectivity index (χ1n) is 7.79. The number of amides is 1. The van der Waals surface area contributed by atoms with Gasteiger partial charge in [-0.3, -0.25) is 4.79 Å². The summed E-state index contributed by atoms with van der Waals surface area (Å²) in [4.78, 5) is 13.3. The number of carbonyl (C=O) groups is 1. The fourth-order valence-electron chi connectivity index (χ4n) is 2.43. The van der Waals surface area contributed by atoms with Crippen LogP contribution in [0.15, 0.2) is 52.3 Å². The van der Waals surface area contributed by atoms with E-state index in [1.165, 1.54) is 29.5 Å². The maximum Gasteiger partial charge on any atom is 0.238 e. The molecule has 2 aromatic rings. The zero-order valence-electron chi connectivity index (χ0n) is 14.4. The van der Waals surface area contributed by atoms with Crippen molar-refractivity contribution in [3.05, 3.63) is 59.2 Å². The summed E-state index contributed by atoms with van der Waals surface area (Å²) in [5.74, 6) is 0.182. The van der Waals surface area contributed by atoms with E-state index < -0.39 is 10.0 Å². The van der Waals surface area contributed by atoms with Crippen LogP contribution in [0.5, 0.6) is 0 Å². The third kappa shape index (κ3) is 5.59. The molecule has 0 heterocycles. The molecule has 5 nitrogen and oxygen atoms in total. The molecule has 25 heavy (non-hydrogen) atoms. The third-order valence-corrected chi connectivity index (χ3v) is 5.84. The molecular weight excluding hydrogens is 356 g/mol. The number of carbonyl (C=O) groups excluding carboxylic acids is 1. The van der Waals surface area contributed by atoms with Gasteiger partial charge in [-0.2, -0.15) is 0 Å². The lowest BCUT2D eigenvalue weighted by Gasteiger charge is -2.15. The Morgan fingerprint density at radius 3 is 2.56 bits per heavy atom. The maximum atomic E-state index is 12.2. The lowest BCUT2D eigenvalue weighted by Crippen LogP contribution is -2.28. The number of nitrogens with one attached hydrogen (secondary N) is 1. The molecule has 0 aliphatic carbocycles. The lowest BCUT2D eigenvalue weighted by molar-refractivity contribution is -0.119. The van der Waals surface area contributed by atoms with Gasteiger partial charge < -0.3 is 5.32 Å². The van der Waals surface area contributed by atoms with Gasteiger partial charge in [0.15, 0.2) is 0 Å². The van der Waals surface area contributed by atoms with Crippen molar-refractivity contribution in [3.8, 4) is 0 Å². The number of sulfonamides is 1. The van der Waals surface area contributed by atoms with Gasteiger partial charge in [-0.1, -0.05) is 29.8 Å². The summed E-state index contributed by atoms with van der Waals surface area (Å²) in [7, 11) is -3.76. The molecule has 1 amide bonds. The number of benzene rings is 2. The van der Waals surface area contributed by atoms with Crippen LogP contribution >= 0.6 is 11.8 Å². The van der Waals surface area contributed by atoms with Gasteiger partial charge in [-0.05, 0) is 50.1 Å². The van der Waals surface area contributed by atoms with E-state index in [-0.39, 0.29) is 16.8 Å². The van der Waals surface area contributed by atoms with E-state index in [1.807, 2.05) is 32.9 Å². The average molecular weight is 379 g/mol. The number of rotatable bonds is 6. The molecule has 134 valence electrons. The number of primary sulfonamides is 1. The smallest absolute Gasteiger partial charge is 0.238 e. The van der Waals surface area contributed by atoms with Crippen LogP contribution < -0.4 is 10.5 Å². The Bertz CT molecular complexity index is 880. The Balaban J connectivity index is 1.98. The van der Waals surface area contributed by atoms with Gasteiger partial charge in [0.05, 0.1) is 16.7 Å². The van der Waals surface area contributed by atoms with E-state index in [1.54, 1.807) is 12.1 Å². The number of hydrogen-bond acceptors (Lipinski definition) is 4. The SMILES string of the molecule is Cc1ccc(SCC(=O)N[C@@H](C)c2cccc(S(N)(=O)=O)c2)c(C)c1. The molecule has 0 aliphatic heterocycles. The fourth-order valence-corrected chi connectivity index (χ4v) is 3.82. The van der Waals surface area contributed by atoms with E-state index in [0.717, 1.165) is 10.5 Å². The van der Waals surface area contributed by atoms with Crippen LogP contribution in [-0.2, 0) is 14.8 Å². The second-order valence-electron chi connectivity index (χ2n) is 5.96. The molecule has 7 heteroatoms. The van der Waals surface area contributed by atoms with E-state index in [2.05, 4.69) is 11.4 Å². The average Bonchev–Trinajstić information content (AvgIpc) is 2.53. The lowest BCUT2D eigenvalue weighted by atomic mass is 10.1. The number of thioether (sulfide) groups is 1. The molecule has 0 saturated carbocycles. The van der Waals surface area contributed by atoms with E-state index >= 15 is 0 Å². The number of hydrogen-bond donors (Lipinski definition) is 2. The first kappa shape index (κ1) is 19.5. The minimum atomic E-state index is -3.76. The van der Waals surface area contributed by atoms with Crippen molar-refractivity contribution in [2.45, 2.75) is 36.6 Å². The molecule has 1 atom stereocenters. The van der Waals surface area contributed by atoms with Crippen molar-refractivity contribution in [1.82, 2.24) is 5.32 Å². The second-order valence-corrected chi connectivity index (χ2v) is 8.54. The van der Waals surface area contributed by atoms with Crippen molar-refractivity contribution in [2.24, 2.45) is 5.14 Å². The van der Waals surface area contributed by atoms with Gasteiger partial charge in [0.2, 0.25) is 15.9 Å². The molecule has 2 aromatic carbocycles. The first-order chi connectivity index (χ1) is 11.7. The molecule has 0 aliphatic rings. The van der Waals surface area contributed by atoms with Crippen LogP contribution in [0.2, 0.25) is 0 Å². The molecular formula is C18H22N2O3S2. The predicted molar refractivity (Wildman–Crippen MR) is 101 cm³/mol. The Hall–Kier alpha value is -1.83. The van der Waals surface area contributed by atoms with Crippen molar-refractivity contribution >= 4 is 27.7 Å². The third-order valence-electron chi connectivity index (χ3n) is 3.75. The summed E-state index contributed by atoms with van der Waals surface area (Å²) in [5.41, 5.74) is 3.03. The quantitative estimate of drug-likeness (QED) is 0.757. The van der Waals surface area contributed by atoms with Gasteiger partial charge in [0, 0.05) is 4.90 Å². The van der Waals surface area contributed by atoms with Crippen molar-refractivity contribution in [3.63, 3.8) is 0 Å². The first-order valence-corrected chi connectivity index (χ1v) is 10.3. The number of nitrogens with two attached hydrogens (primary N) is 1. The van der Waals surface area contributed by atoms with Crippen LogP contribution in [0.4, 0.5) is 0 Å². The summed E-state index contributed by atoms with van der Waals surface area (Å²) in [6.07, 6.45) is 0. The van der Waals surface area contributed by atoms with Crippen LogP contribution in [-0.4, -0.2) is 20.1 Å². The van der Waals surface area contributed by atoms with Crippen LogP contribution in [0.1, 0.15) is 29.7 Å². The molecule has 3 N–H and O–H groups in total. The molecule has 0 radical (unpaired) electrons. The van der Waals surface area contributed by atoms with Crippen LogP contribution in [0, 0.1) is 13.8 Å². The highest BCUT2D eigenvalue weighted by atomic mass is 32.2. The highest BCUT2D eigenvalue weighted by Crippen LogP contribution is 2.23. The van der Waals surface area contributed by atoms with E-state index in [0.29, 0.717) is 11.3 Å². The summed E-state index contributed by atoms with van der Waals surface area (Å²) in [6.45, 7) is 5.86. The van der Waals surface area contributed by atoms with Crippen LogP contribution in [0.3, 0.4) is 0 Å². The Labute approximate surface area is 153 Å².